The fourth-order valence-electron chi connectivity index (χ4n) is 0.964. The number of rotatable bonds is 4. The zero-order valence-corrected chi connectivity index (χ0v) is 10.1. The highest BCUT2D eigenvalue weighted by molar-refractivity contribution is 9.10. The van der Waals surface area contributed by atoms with Gasteiger partial charge in [0.05, 0.1) is 0 Å². The lowest BCUT2D eigenvalue weighted by Gasteiger charge is -1.99. The summed E-state index contributed by atoms with van der Waals surface area (Å²) in [7, 11) is 0. The number of hydrazone groups is 1. The Labute approximate surface area is 97.7 Å². The molecule has 0 aliphatic carbocycles. The smallest absolute Gasteiger partial charge is 0.267 e. The third kappa shape index (κ3) is 4.25. The zero-order valence-electron chi connectivity index (χ0n) is 8.53. The summed E-state index contributed by atoms with van der Waals surface area (Å²) in [6, 6.07) is 7.14. The van der Waals surface area contributed by atoms with Gasteiger partial charge in [-0.15, -0.1) is 0 Å². The van der Waals surface area contributed by atoms with Crippen LogP contribution < -0.4 is 5.43 Å². The molecule has 0 saturated heterocycles. The van der Waals surface area contributed by atoms with Gasteiger partial charge in [-0.3, -0.25) is 4.79 Å². The van der Waals surface area contributed by atoms with E-state index in [4.69, 9.17) is 0 Å². The Morgan fingerprint density at radius 1 is 1.47 bits per heavy atom. The third-order valence-electron chi connectivity index (χ3n) is 1.78. The molecule has 1 amide bonds. The maximum atomic E-state index is 11.5. The van der Waals surface area contributed by atoms with E-state index < -0.39 is 0 Å². The highest BCUT2D eigenvalue weighted by atomic mass is 79.9. The topological polar surface area (TPSA) is 41.5 Å². The lowest BCUT2D eigenvalue weighted by Crippen LogP contribution is -2.17. The van der Waals surface area contributed by atoms with Gasteiger partial charge in [0.25, 0.3) is 5.91 Å². The van der Waals surface area contributed by atoms with Crippen LogP contribution in [0.5, 0.6) is 0 Å². The van der Waals surface area contributed by atoms with Crippen LogP contribution >= 0.6 is 15.9 Å². The van der Waals surface area contributed by atoms with Gasteiger partial charge >= 0.3 is 0 Å². The van der Waals surface area contributed by atoms with Gasteiger partial charge in [-0.1, -0.05) is 29.3 Å². The van der Waals surface area contributed by atoms with E-state index in [0.717, 1.165) is 17.3 Å². The molecule has 1 rings (SSSR count). The first-order valence-electron chi connectivity index (χ1n) is 4.81. The Kier molecular flexibility index (Phi) is 5.04. The van der Waals surface area contributed by atoms with E-state index in [1.54, 1.807) is 18.3 Å². The van der Waals surface area contributed by atoms with Crippen molar-refractivity contribution in [1.82, 2.24) is 5.43 Å². The molecule has 0 radical (unpaired) electrons. The lowest BCUT2D eigenvalue weighted by molar-refractivity contribution is 0.0955. The molecule has 0 saturated carbocycles. The first-order valence-corrected chi connectivity index (χ1v) is 5.60. The lowest BCUT2D eigenvalue weighted by atomic mass is 10.2. The molecule has 15 heavy (non-hydrogen) atoms. The molecule has 1 aromatic rings. The van der Waals surface area contributed by atoms with Crippen molar-refractivity contribution in [3.05, 3.63) is 34.3 Å². The number of hydrogen-bond acceptors (Lipinski definition) is 2. The van der Waals surface area contributed by atoms with Crippen molar-refractivity contribution in [1.29, 1.82) is 0 Å². The zero-order chi connectivity index (χ0) is 11.1. The van der Waals surface area contributed by atoms with E-state index in [1.165, 1.54) is 0 Å². The van der Waals surface area contributed by atoms with Crippen molar-refractivity contribution in [2.24, 2.45) is 5.10 Å². The maximum Gasteiger partial charge on any atom is 0.271 e. The van der Waals surface area contributed by atoms with E-state index in [-0.39, 0.29) is 5.91 Å². The molecule has 0 fully saturated rings. The van der Waals surface area contributed by atoms with Gasteiger partial charge in [0, 0.05) is 16.3 Å². The highest BCUT2D eigenvalue weighted by Gasteiger charge is 2.02. The monoisotopic (exact) mass is 268 g/mol. The van der Waals surface area contributed by atoms with Gasteiger partial charge in [-0.05, 0) is 30.7 Å². The summed E-state index contributed by atoms with van der Waals surface area (Å²) >= 11 is 3.31. The van der Waals surface area contributed by atoms with Crippen LogP contribution in [0.25, 0.3) is 0 Å². The second kappa shape index (κ2) is 6.35. The van der Waals surface area contributed by atoms with Gasteiger partial charge in [0.1, 0.15) is 0 Å². The molecule has 0 heterocycles. The molecule has 1 aromatic carbocycles. The Morgan fingerprint density at radius 3 is 2.73 bits per heavy atom. The maximum absolute atomic E-state index is 11.5. The van der Waals surface area contributed by atoms with Gasteiger partial charge in [-0.25, -0.2) is 5.43 Å². The molecule has 0 aliphatic rings. The Bertz CT molecular complexity index is 346. The summed E-state index contributed by atoms with van der Waals surface area (Å²) in [4.78, 5) is 11.5. The van der Waals surface area contributed by atoms with Crippen LogP contribution in [0.4, 0.5) is 0 Å². The first kappa shape index (κ1) is 11.9. The fourth-order valence-corrected chi connectivity index (χ4v) is 1.23. The van der Waals surface area contributed by atoms with Crippen LogP contribution in [-0.4, -0.2) is 12.1 Å². The first-order chi connectivity index (χ1) is 7.24. The number of carbonyl (C=O) groups excluding carboxylic acids is 1. The number of amides is 1. The number of unbranched alkanes of at least 4 members (excludes halogenated alkanes) is 1. The van der Waals surface area contributed by atoms with Crippen LogP contribution in [0.15, 0.2) is 33.8 Å². The average molecular weight is 269 g/mol. The van der Waals surface area contributed by atoms with Crippen molar-refractivity contribution in [3.8, 4) is 0 Å². The number of benzene rings is 1. The molecule has 80 valence electrons. The van der Waals surface area contributed by atoms with Gasteiger partial charge in [0.2, 0.25) is 0 Å². The van der Waals surface area contributed by atoms with E-state index >= 15 is 0 Å². The SMILES string of the molecule is CCC/C=N\NC(=O)c1ccc(Br)cc1. The Balaban J connectivity index is 2.50. The standard InChI is InChI=1S/C11H13BrN2O/c1-2-3-8-13-14-11(15)9-4-6-10(12)7-5-9/h4-8H,2-3H2,1H3,(H,14,15)/b13-8-. The van der Waals surface area contributed by atoms with E-state index in [2.05, 4.69) is 33.4 Å². The molecular formula is C11H13BrN2O. The van der Waals surface area contributed by atoms with Gasteiger partial charge in [0.15, 0.2) is 0 Å². The molecule has 0 aliphatic heterocycles. The van der Waals surface area contributed by atoms with Crippen LogP contribution in [0.2, 0.25) is 0 Å². The molecule has 1 N–H and O–H groups in total. The van der Waals surface area contributed by atoms with Gasteiger partial charge < -0.3 is 0 Å². The molecule has 0 aromatic heterocycles. The minimum Gasteiger partial charge on any atom is -0.267 e. The summed E-state index contributed by atoms with van der Waals surface area (Å²) < 4.78 is 0.952. The molecule has 4 heteroatoms. The summed E-state index contributed by atoms with van der Waals surface area (Å²) in [6.07, 6.45) is 3.61. The van der Waals surface area contributed by atoms with Gasteiger partial charge in [-0.2, -0.15) is 5.10 Å². The summed E-state index contributed by atoms with van der Waals surface area (Å²) in [5, 5.41) is 3.82. The van der Waals surface area contributed by atoms with E-state index in [9.17, 15) is 4.79 Å². The number of hydrogen-bond donors (Lipinski definition) is 1. The molecule has 0 bridgehead atoms. The van der Waals surface area contributed by atoms with Crippen molar-refractivity contribution >= 4 is 28.1 Å². The summed E-state index contributed by atoms with van der Waals surface area (Å²) in [5.74, 6) is -0.185. The minimum atomic E-state index is -0.185. The Hall–Kier alpha value is -1.16. The van der Waals surface area contributed by atoms with Crippen molar-refractivity contribution in [2.45, 2.75) is 19.8 Å². The number of halogens is 1. The second-order valence-corrected chi connectivity index (χ2v) is 3.96. The second-order valence-electron chi connectivity index (χ2n) is 3.05. The molecule has 0 atom stereocenters. The predicted molar refractivity (Wildman–Crippen MR) is 65.0 cm³/mol. The molecular weight excluding hydrogens is 256 g/mol. The molecule has 0 unspecified atom stereocenters. The average Bonchev–Trinajstić information content (AvgIpc) is 2.25. The minimum absolute atomic E-state index is 0.185. The van der Waals surface area contributed by atoms with Crippen LogP contribution in [0, 0.1) is 0 Å². The Morgan fingerprint density at radius 2 is 2.13 bits per heavy atom. The largest absolute Gasteiger partial charge is 0.271 e. The van der Waals surface area contributed by atoms with Crippen LogP contribution in [0.1, 0.15) is 30.1 Å². The highest BCUT2D eigenvalue weighted by Crippen LogP contribution is 2.10. The predicted octanol–water partition coefficient (Wildman–Crippen LogP) is 2.96. The van der Waals surface area contributed by atoms with Crippen molar-refractivity contribution in [3.63, 3.8) is 0 Å². The number of nitrogens with one attached hydrogen (secondary N) is 1. The van der Waals surface area contributed by atoms with E-state index in [1.807, 2.05) is 12.1 Å². The normalized spacial score (nSPS) is 10.5. The quantitative estimate of drug-likeness (QED) is 0.662. The number of carbonyl (C=O) groups is 1. The van der Waals surface area contributed by atoms with Crippen LogP contribution in [-0.2, 0) is 0 Å². The van der Waals surface area contributed by atoms with E-state index in [0.29, 0.717) is 5.56 Å². The third-order valence-corrected chi connectivity index (χ3v) is 2.31. The fraction of sp³-hybridized carbons (Fsp3) is 0.273. The van der Waals surface area contributed by atoms with Crippen molar-refractivity contribution < 1.29 is 4.79 Å². The molecule has 0 spiro atoms. The summed E-state index contributed by atoms with van der Waals surface area (Å²) in [6.45, 7) is 2.06. The van der Waals surface area contributed by atoms with Crippen LogP contribution in [0.3, 0.4) is 0 Å². The number of nitrogens with zero attached hydrogens (tertiary/aromatic N) is 1. The molecule has 3 nitrogen and oxygen atoms in total. The van der Waals surface area contributed by atoms with Crippen molar-refractivity contribution in [2.75, 3.05) is 0 Å². The summed E-state index contributed by atoms with van der Waals surface area (Å²) in [5.41, 5.74) is 3.07.